The fourth-order valence-electron chi connectivity index (χ4n) is 9.94. The monoisotopic (exact) mass is 776 g/mol. The van der Waals surface area contributed by atoms with E-state index in [1.54, 1.807) is 0 Å². The molecule has 0 aliphatic carbocycles. The topological polar surface area (TPSA) is 17.8 Å². The maximum Gasteiger partial charge on any atom is 0.140 e. The van der Waals surface area contributed by atoms with Crippen LogP contribution < -0.4 is 0 Å². The normalized spacial score (nSPS) is 11.8. The molecule has 0 fully saturated rings. The van der Waals surface area contributed by atoms with E-state index in [0.717, 1.165) is 28.0 Å². The van der Waals surface area contributed by atoms with Crippen molar-refractivity contribution in [3.8, 4) is 55.9 Å². The molecule has 0 unspecified atom stereocenters. The first-order valence-electron chi connectivity index (χ1n) is 21.1. The molecule has 1 heterocycles. The first kappa shape index (κ1) is 35.2. The summed E-state index contributed by atoms with van der Waals surface area (Å²) in [6.45, 7) is 2.23. The van der Waals surface area contributed by atoms with Gasteiger partial charge in [0.05, 0.1) is 11.0 Å². The molecule has 2 nitrogen and oxygen atoms in total. The molecular weight excluding hydrogens is 737 g/mol. The quantitative estimate of drug-likeness (QED) is 0.159. The van der Waals surface area contributed by atoms with E-state index in [0.29, 0.717) is 0 Å². The third-order valence-electron chi connectivity index (χ3n) is 12.9. The van der Waals surface area contributed by atoms with Crippen LogP contribution in [-0.4, -0.2) is 9.55 Å². The molecule has 2 heteroatoms. The fourth-order valence-corrected chi connectivity index (χ4v) is 9.94. The van der Waals surface area contributed by atoms with Gasteiger partial charge in [0.1, 0.15) is 5.82 Å². The van der Waals surface area contributed by atoms with E-state index in [1.807, 2.05) is 6.07 Å². The molecule has 1 aromatic heterocycles. The first-order valence-corrected chi connectivity index (χ1v) is 21.1. The molecule has 0 spiro atoms. The summed E-state index contributed by atoms with van der Waals surface area (Å²) in [6, 6.07) is 75.7. The minimum atomic E-state index is 0.977. The van der Waals surface area contributed by atoms with Crippen molar-refractivity contribution in [1.29, 1.82) is 0 Å². The Bertz CT molecular complexity index is 3700. The lowest BCUT2D eigenvalue weighted by Crippen LogP contribution is -1.91. The van der Waals surface area contributed by atoms with Crippen molar-refractivity contribution in [3.05, 3.63) is 212 Å². The van der Waals surface area contributed by atoms with Crippen molar-refractivity contribution in [3.63, 3.8) is 0 Å². The third kappa shape index (κ3) is 5.68. The summed E-state index contributed by atoms with van der Waals surface area (Å²) in [5.41, 5.74) is 14.3. The van der Waals surface area contributed by atoms with Gasteiger partial charge in [-0.25, -0.2) is 4.98 Å². The number of rotatable bonds is 5. The van der Waals surface area contributed by atoms with Crippen molar-refractivity contribution in [2.24, 2.45) is 7.05 Å². The Hall–Kier alpha value is -7.81. The van der Waals surface area contributed by atoms with Crippen LogP contribution in [0.1, 0.15) is 5.56 Å². The molecule has 12 rings (SSSR count). The Kier molecular flexibility index (Phi) is 8.01. The maximum atomic E-state index is 5.03. The minimum Gasteiger partial charge on any atom is -0.327 e. The maximum absolute atomic E-state index is 5.03. The van der Waals surface area contributed by atoms with Crippen LogP contribution in [0.2, 0.25) is 0 Å². The Morgan fingerprint density at radius 3 is 1.66 bits per heavy atom. The van der Waals surface area contributed by atoms with Crippen LogP contribution in [0.4, 0.5) is 0 Å². The van der Waals surface area contributed by atoms with Gasteiger partial charge in [-0.1, -0.05) is 188 Å². The van der Waals surface area contributed by atoms with Crippen LogP contribution in [0.15, 0.2) is 206 Å². The molecule has 0 amide bonds. The van der Waals surface area contributed by atoms with E-state index in [4.69, 9.17) is 4.98 Å². The van der Waals surface area contributed by atoms with Crippen LogP contribution in [0.3, 0.4) is 0 Å². The molecule has 0 aliphatic heterocycles. The highest BCUT2D eigenvalue weighted by molar-refractivity contribution is 6.22. The zero-order chi connectivity index (χ0) is 40.6. The predicted molar refractivity (Wildman–Crippen MR) is 260 cm³/mol. The van der Waals surface area contributed by atoms with E-state index in [2.05, 4.69) is 219 Å². The molecule has 0 saturated heterocycles. The van der Waals surface area contributed by atoms with Crippen LogP contribution in [0.5, 0.6) is 0 Å². The van der Waals surface area contributed by atoms with Crippen molar-refractivity contribution >= 4 is 64.9 Å². The van der Waals surface area contributed by atoms with Gasteiger partial charge in [0.25, 0.3) is 0 Å². The molecule has 11 aromatic carbocycles. The second-order valence-corrected chi connectivity index (χ2v) is 16.4. The molecule has 12 aromatic rings. The number of nitrogens with zero attached hydrogens (tertiary/aromatic N) is 2. The van der Waals surface area contributed by atoms with Gasteiger partial charge in [-0.3, -0.25) is 0 Å². The minimum absolute atomic E-state index is 0.977. The number of aromatic nitrogens is 2. The largest absolute Gasteiger partial charge is 0.327 e. The van der Waals surface area contributed by atoms with Gasteiger partial charge in [0, 0.05) is 12.6 Å². The molecule has 0 atom stereocenters. The van der Waals surface area contributed by atoms with Crippen molar-refractivity contribution in [1.82, 2.24) is 9.55 Å². The van der Waals surface area contributed by atoms with E-state index in [1.165, 1.54) is 98.4 Å². The van der Waals surface area contributed by atoms with Crippen LogP contribution in [0, 0.1) is 6.92 Å². The van der Waals surface area contributed by atoms with E-state index >= 15 is 0 Å². The second kappa shape index (κ2) is 13.9. The van der Waals surface area contributed by atoms with E-state index in [9.17, 15) is 0 Å². The standard InChI is InChI=1S/C59H40N2/c1-37-11-8-14-40-25-26-42-16-10-20-53(58(42)56(37)40)52-19-9-15-41-27-28-46-35-45(29-31-49(46)57(41)52)48-33-32-47(50-17-6-7-18-51(48)50)39-23-21-38(22-24-39)44-30-34-55-54(36-44)60-59(61(55)2)43-12-4-3-5-13-43/h3-36H,1-2H3. The Balaban J connectivity index is 0.925. The van der Waals surface area contributed by atoms with Crippen LogP contribution in [0.25, 0.3) is 121 Å². The van der Waals surface area contributed by atoms with Gasteiger partial charge < -0.3 is 4.57 Å². The van der Waals surface area contributed by atoms with E-state index in [-0.39, 0.29) is 0 Å². The summed E-state index contributed by atoms with van der Waals surface area (Å²) in [5, 5.41) is 12.8. The zero-order valence-corrected chi connectivity index (χ0v) is 34.0. The SMILES string of the molecule is Cc1cccc2ccc3cccc(-c4cccc5ccc6cc(-c7ccc(-c8ccc(-c9ccc%10c(c9)nc(-c9ccccc9)n%10C)cc8)c8ccccc78)ccc6c45)c3c12. The molecule has 286 valence electrons. The summed E-state index contributed by atoms with van der Waals surface area (Å²) in [6.07, 6.45) is 0. The molecule has 0 N–H and O–H groups in total. The summed E-state index contributed by atoms with van der Waals surface area (Å²) in [4.78, 5) is 5.03. The first-order chi connectivity index (χ1) is 30.1. The smallest absolute Gasteiger partial charge is 0.140 e. The van der Waals surface area contributed by atoms with Gasteiger partial charge in [-0.05, 0) is 129 Å². The number of aryl methyl sites for hydroxylation is 2. The fraction of sp³-hybridized carbons (Fsp3) is 0.0339. The highest BCUT2D eigenvalue weighted by atomic mass is 15.1. The zero-order valence-electron chi connectivity index (χ0n) is 34.0. The summed E-state index contributed by atoms with van der Waals surface area (Å²) < 4.78 is 2.18. The van der Waals surface area contributed by atoms with Gasteiger partial charge in [0.2, 0.25) is 0 Å². The third-order valence-corrected chi connectivity index (χ3v) is 12.9. The number of fused-ring (bicyclic) bond motifs is 8. The lowest BCUT2D eigenvalue weighted by atomic mass is 9.87. The average Bonchev–Trinajstić information content (AvgIpc) is 3.65. The van der Waals surface area contributed by atoms with E-state index < -0.39 is 0 Å². The van der Waals surface area contributed by atoms with Gasteiger partial charge in [0.15, 0.2) is 0 Å². The number of hydrogen-bond acceptors (Lipinski definition) is 1. The van der Waals surface area contributed by atoms with Gasteiger partial charge >= 0.3 is 0 Å². The molecule has 61 heavy (non-hydrogen) atoms. The van der Waals surface area contributed by atoms with Gasteiger partial charge in [-0.15, -0.1) is 0 Å². The average molecular weight is 777 g/mol. The lowest BCUT2D eigenvalue weighted by Gasteiger charge is -2.16. The van der Waals surface area contributed by atoms with Crippen LogP contribution >= 0.6 is 0 Å². The molecular formula is C59H40N2. The summed E-state index contributed by atoms with van der Waals surface area (Å²) in [5.74, 6) is 0.977. The number of hydrogen-bond donors (Lipinski definition) is 0. The Labute approximate surface area is 354 Å². The highest BCUT2D eigenvalue weighted by Gasteiger charge is 2.16. The Morgan fingerprint density at radius 2 is 0.918 bits per heavy atom. The van der Waals surface area contributed by atoms with Crippen molar-refractivity contribution in [2.45, 2.75) is 6.92 Å². The van der Waals surface area contributed by atoms with Gasteiger partial charge in [-0.2, -0.15) is 0 Å². The predicted octanol–water partition coefficient (Wildman–Crippen LogP) is 16.0. The Morgan fingerprint density at radius 1 is 0.344 bits per heavy atom. The molecule has 0 radical (unpaired) electrons. The lowest BCUT2D eigenvalue weighted by molar-refractivity contribution is 0.959. The summed E-state index contributed by atoms with van der Waals surface area (Å²) in [7, 11) is 2.09. The number of imidazole rings is 1. The van der Waals surface area contributed by atoms with Crippen molar-refractivity contribution in [2.75, 3.05) is 0 Å². The molecule has 0 aliphatic rings. The van der Waals surface area contributed by atoms with Crippen molar-refractivity contribution < 1.29 is 0 Å². The molecule has 0 saturated carbocycles. The summed E-state index contributed by atoms with van der Waals surface area (Å²) >= 11 is 0. The highest BCUT2D eigenvalue weighted by Crippen LogP contribution is 2.43. The molecule has 0 bridgehead atoms. The second-order valence-electron chi connectivity index (χ2n) is 16.4. The number of benzene rings is 11. The van der Waals surface area contributed by atoms with Crippen LogP contribution in [-0.2, 0) is 7.05 Å².